The highest BCUT2D eigenvalue weighted by molar-refractivity contribution is 9.10. The smallest absolute Gasteiger partial charge is 0.337 e. The molecule has 0 atom stereocenters. The minimum absolute atomic E-state index is 0.510. The van der Waals surface area contributed by atoms with Crippen LogP contribution in [0.4, 0.5) is 0 Å². The van der Waals surface area contributed by atoms with Crippen LogP contribution in [-0.4, -0.2) is 17.3 Å². The summed E-state index contributed by atoms with van der Waals surface area (Å²) in [6.45, 7) is 0. The maximum Gasteiger partial charge on any atom is 0.337 e. The van der Waals surface area contributed by atoms with Crippen molar-refractivity contribution in [3.63, 3.8) is 0 Å². The van der Waals surface area contributed by atoms with Crippen molar-refractivity contribution in [3.8, 4) is 11.1 Å². The number of rotatable bonds is 3. The average Bonchev–Trinajstić information content (AvgIpc) is 2.95. The van der Waals surface area contributed by atoms with Gasteiger partial charge in [0.1, 0.15) is 0 Å². The molecule has 1 N–H and O–H groups in total. The van der Waals surface area contributed by atoms with Crippen LogP contribution in [0.2, 0.25) is 0 Å². The van der Waals surface area contributed by atoms with Gasteiger partial charge in [-0.1, -0.05) is 28.1 Å². The van der Waals surface area contributed by atoms with Crippen molar-refractivity contribution in [3.05, 3.63) is 51.5 Å². The Kier molecular flexibility index (Phi) is 4.09. The van der Waals surface area contributed by atoms with Crippen LogP contribution in [0.3, 0.4) is 0 Å². The third-order valence-corrected chi connectivity index (χ3v) is 5.25. The van der Waals surface area contributed by atoms with Gasteiger partial charge in [-0.15, -0.1) is 11.8 Å². The van der Waals surface area contributed by atoms with E-state index in [-0.39, 0.29) is 0 Å². The van der Waals surface area contributed by atoms with E-state index in [1.807, 2.05) is 24.5 Å². The van der Waals surface area contributed by atoms with Crippen molar-refractivity contribution in [2.45, 2.75) is 24.2 Å². The van der Waals surface area contributed by atoms with Gasteiger partial charge in [0.25, 0.3) is 0 Å². The number of halogens is 1. The van der Waals surface area contributed by atoms with E-state index in [1.165, 1.54) is 22.9 Å². The molecule has 4 heteroatoms. The lowest BCUT2D eigenvalue weighted by Crippen LogP contribution is -2.06. The van der Waals surface area contributed by atoms with Gasteiger partial charge in [-0.05, 0) is 66.0 Å². The predicted molar refractivity (Wildman–Crippen MR) is 90.3 cm³/mol. The van der Waals surface area contributed by atoms with E-state index in [0.29, 0.717) is 5.56 Å². The Hall–Kier alpha value is -1.26. The van der Waals surface area contributed by atoms with Crippen molar-refractivity contribution in [1.29, 1.82) is 0 Å². The van der Waals surface area contributed by atoms with E-state index in [2.05, 4.69) is 28.1 Å². The normalized spacial score (nSPS) is 13.2. The fraction of sp³-hybridized carbons (Fsp3) is 0.235. The molecule has 108 valence electrons. The van der Waals surface area contributed by atoms with Crippen molar-refractivity contribution in [2.75, 3.05) is 6.26 Å². The minimum atomic E-state index is -0.806. The van der Waals surface area contributed by atoms with E-state index < -0.39 is 5.97 Å². The van der Waals surface area contributed by atoms with Gasteiger partial charge >= 0.3 is 5.97 Å². The molecular weight excluding hydrogens is 348 g/mol. The summed E-state index contributed by atoms with van der Waals surface area (Å²) in [6, 6.07) is 10.3. The fourth-order valence-corrected chi connectivity index (χ4v) is 3.95. The Morgan fingerprint density at radius 2 is 1.86 bits per heavy atom. The SMILES string of the molecule is CSc1cc(-c2ccc(Br)cc2)c2c(c1C(=O)O)CCC2. The number of aromatic carboxylic acids is 1. The predicted octanol–water partition coefficient (Wildman–Crippen LogP) is 5.02. The maximum absolute atomic E-state index is 11.6. The van der Waals surface area contributed by atoms with Gasteiger partial charge in [0.2, 0.25) is 0 Å². The van der Waals surface area contributed by atoms with Crippen molar-refractivity contribution >= 4 is 33.7 Å². The second-order valence-electron chi connectivity index (χ2n) is 5.12. The number of benzene rings is 2. The molecule has 0 aromatic heterocycles. The molecule has 0 amide bonds. The summed E-state index contributed by atoms with van der Waals surface area (Å²) in [6.07, 6.45) is 4.82. The summed E-state index contributed by atoms with van der Waals surface area (Å²) in [5.74, 6) is -0.806. The third kappa shape index (κ3) is 2.62. The molecule has 1 aliphatic carbocycles. The van der Waals surface area contributed by atoms with Crippen molar-refractivity contribution < 1.29 is 9.90 Å². The Balaban J connectivity index is 2.25. The Bertz CT molecular complexity index is 708. The van der Waals surface area contributed by atoms with Crippen LogP contribution in [-0.2, 0) is 12.8 Å². The standard InChI is InChI=1S/C17H15BrO2S/c1-21-15-9-14(10-5-7-11(18)8-6-10)12-3-2-4-13(12)16(15)17(19)20/h5-9H,2-4H2,1H3,(H,19,20). The first-order valence-electron chi connectivity index (χ1n) is 6.83. The maximum atomic E-state index is 11.6. The summed E-state index contributed by atoms with van der Waals surface area (Å²) in [4.78, 5) is 12.5. The third-order valence-electron chi connectivity index (χ3n) is 3.96. The zero-order valence-corrected chi connectivity index (χ0v) is 14.1. The quantitative estimate of drug-likeness (QED) is 0.778. The highest BCUT2D eigenvalue weighted by atomic mass is 79.9. The topological polar surface area (TPSA) is 37.3 Å². The zero-order valence-electron chi connectivity index (χ0n) is 11.6. The molecule has 0 radical (unpaired) electrons. The monoisotopic (exact) mass is 362 g/mol. The summed E-state index contributed by atoms with van der Waals surface area (Å²) < 4.78 is 1.05. The Morgan fingerprint density at radius 1 is 1.19 bits per heavy atom. The van der Waals surface area contributed by atoms with Gasteiger partial charge in [-0.2, -0.15) is 0 Å². The van der Waals surface area contributed by atoms with E-state index in [0.717, 1.165) is 39.8 Å². The first kappa shape index (κ1) is 14.7. The van der Waals surface area contributed by atoms with E-state index in [1.54, 1.807) is 0 Å². The lowest BCUT2D eigenvalue weighted by Gasteiger charge is -2.15. The van der Waals surface area contributed by atoms with Crippen LogP contribution in [0, 0.1) is 0 Å². The number of hydrogen-bond acceptors (Lipinski definition) is 2. The fourth-order valence-electron chi connectivity index (χ4n) is 3.04. The Labute approximate surface area is 136 Å². The van der Waals surface area contributed by atoms with E-state index in [4.69, 9.17) is 0 Å². The molecule has 0 fully saturated rings. The molecule has 2 aromatic carbocycles. The molecule has 21 heavy (non-hydrogen) atoms. The van der Waals surface area contributed by atoms with Crippen molar-refractivity contribution in [1.82, 2.24) is 0 Å². The van der Waals surface area contributed by atoms with Gasteiger partial charge in [0, 0.05) is 9.37 Å². The second kappa shape index (κ2) is 5.85. The molecule has 1 aliphatic rings. The van der Waals surface area contributed by atoms with E-state index in [9.17, 15) is 9.90 Å². The van der Waals surface area contributed by atoms with Gasteiger partial charge in [0.05, 0.1) is 5.56 Å². The molecule has 0 bridgehead atoms. The average molecular weight is 363 g/mol. The minimum Gasteiger partial charge on any atom is -0.478 e. The molecule has 3 rings (SSSR count). The summed E-state index contributed by atoms with van der Waals surface area (Å²) in [5, 5.41) is 9.54. The summed E-state index contributed by atoms with van der Waals surface area (Å²) in [7, 11) is 0. The van der Waals surface area contributed by atoms with Gasteiger partial charge in [0.15, 0.2) is 0 Å². The number of thioether (sulfide) groups is 1. The van der Waals surface area contributed by atoms with Crippen LogP contribution in [0.15, 0.2) is 39.7 Å². The number of hydrogen-bond donors (Lipinski definition) is 1. The molecule has 0 saturated carbocycles. The zero-order chi connectivity index (χ0) is 15.0. The van der Waals surface area contributed by atoms with Crippen LogP contribution in [0.1, 0.15) is 27.9 Å². The summed E-state index contributed by atoms with van der Waals surface area (Å²) >= 11 is 4.97. The first-order valence-corrected chi connectivity index (χ1v) is 8.85. The lowest BCUT2D eigenvalue weighted by atomic mass is 9.93. The first-order chi connectivity index (χ1) is 10.1. The number of carboxylic acids is 1. The molecule has 0 spiro atoms. The molecule has 0 heterocycles. The largest absolute Gasteiger partial charge is 0.478 e. The number of carboxylic acid groups (broad SMARTS) is 1. The second-order valence-corrected chi connectivity index (χ2v) is 6.89. The lowest BCUT2D eigenvalue weighted by molar-refractivity contribution is 0.0692. The highest BCUT2D eigenvalue weighted by Crippen LogP contribution is 2.39. The number of fused-ring (bicyclic) bond motifs is 1. The molecule has 2 nitrogen and oxygen atoms in total. The Morgan fingerprint density at radius 3 is 2.48 bits per heavy atom. The molecular formula is C17H15BrO2S. The van der Waals surface area contributed by atoms with Gasteiger partial charge in [-0.3, -0.25) is 0 Å². The molecule has 0 saturated heterocycles. The molecule has 2 aromatic rings. The van der Waals surface area contributed by atoms with Crippen LogP contribution in [0.5, 0.6) is 0 Å². The van der Waals surface area contributed by atoms with Crippen LogP contribution < -0.4 is 0 Å². The number of carbonyl (C=O) groups is 1. The van der Waals surface area contributed by atoms with Gasteiger partial charge in [-0.25, -0.2) is 4.79 Å². The highest BCUT2D eigenvalue weighted by Gasteiger charge is 2.25. The van der Waals surface area contributed by atoms with Crippen LogP contribution in [0.25, 0.3) is 11.1 Å². The summed E-state index contributed by atoms with van der Waals surface area (Å²) in [5.41, 5.74) is 5.10. The van der Waals surface area contributed by atoms with E-state index >= 15 is 0 Å². The molecule has 0 unspecified atom stereocenters. The molecule has 0 aliphatic heterocycles. The van der Waals surface area contributed by atoms with Crippen LogP contribution >= 0.6 is 27.7 Å². The van der Waals surface area contributed by atoms with Crippen molar-refractivity contribution in [2.24, 2.45) is 0 Å². The van der Waals surface area contributed by atoms with Gasteiger partial charge < -0.3 is 5.11 Å².